The molecule has 1 aromatic rings. The van der Waals surface area contributed by atoms with Gasteiger partial charge in [0.05, 0.1) is 6.04 Å². The summed E-state index contributed by atoms with van der Waals surface area (Å²) in [6.07, 6.45) is -0.795. The number of nitrogens with one attached hydrogen (secondary N) is 1. The monoisotopic (exact) mass is 249 g/mol. The average molecular weight is 249 g/mol. The molecule has 6 heteroatoms. The molecule has 0 aromatic carbocycles. The lowest BCUT2D eigenvalue weighted by atomic mass is 10.1. The molecule has 0 fully saturated rings. The Morgan fingerprint density at radius 2 is 2.18 bits per heavy atom. The normalized spacial score (nSPS) is 13.9. The van der Waals surface area contributed by atoms with Crippen molar-refractivity contribution in [1.29, 1.82) is 0 Å². The first-order valence-electron chi connectivity index (χ1n) is 5.71. The minimum absolute atomic E-state index is 0.109. The quantitative estimate of drug-likeness (QED) is 0.840. The molecule has 98 valence electrons. The van der Waals surface area contributed by atoms with Gasteiger partial charge in [-0.05, 0) is 19.4 Å². The fourth-order valence-electron chi connectivity index (χ4n) is 1.79. The van der Waals surface area contributed by atoms with E-state index < -0.39 is 12.6 Å². The van der Waals surface area contributed by atoms with E-state index in [4.69, 9.17) is 0 Å². The zero-order valence-corrected chi connectivity index (χ0v) is 10.1. The van der Waals surface area contributed by atoms with Gasteiger partial charge in [-0.15, -0.1) is 0 Å². The topological polar surface area (TPSA) is 29.9 Å². The zero-order chi connectivity index (χ0) is 12.9. The maximum absolute atomic E-state index is 12.1. The fraction of sp³-hybridized carbons (Fsp3) is 0.727. The summed E-state index contributed by atoms with van der Waals surface area (Å²) in [6, 6.07) is -0.109. The number of hydrogen-bond acceptors (Lipinski definition) is 2. The van der Waals surface area contributed by atoms with Crippen LogP contribution in [-0.2, 0) is 7.05 Å². The summed E-state index contributed by atoms with van der Waals surface area (Å²) in [5.41, 5.74) is 0. The Morgan fingerprint density at radius 3 is 2.65 bits per heavy atom. The van der Waals surface area contributed by atoms with Gasteiger partial charge >= 0.3 is 6.18 Å². The van der Waals surface area contributed by atoms with Gasteiger partial charge in [0.1, 0.15) is 5.82 Å². The molecule has 17 heavy (non-hydrogen) atoms. The number of aromatic nitrogens is 2. The molecular weight excluding hydrogens is 231 g/mol. The highest BCUT2D eigenvalue weighted by Crippen LogP contribution is 2.25. The van der Waals surface area contributed by atoms with Crippen LogP contribution in [0.25, 0.3) is 0 Å². The maximum Gasteiger partial charge on any atom is 0.389 e. The number of alkyl halides is 3. The third-order valence-electron chi connectivity index (χ3n) is 2.57. The number of rotatable bonds is 6. The molecule has 1 N–H and O–H groups in total. The Labute approximate surface area is 99.0 Å². The fourth-order valence-corrected chi connectivity index (χ4v) is 1.79. The van der Waals surface area contributed by atoms with Crippen LogP contribution in [0.15, 0.2) is 12.4 Å². The van der Waals surface area contributed by atoms with Crippen LogP contribution in [0, 0.1) is 0 Å². The van der Waals surface area contributed by atoms with Crippen molar-refractivity contribution in [3.8, 4) is 0 Å². The molecule has 0 aliphatic heterocycles. The standard InChI is InChI=1S/C11H18F3N3/c1-3-15-9(5-4-6-11(12,13)14)10-16-7-8-17(10)2/h7-9,15H,3-6H2,1-2H3. The van der Waals surface area contributed by atoms with Crippen LogP contribution < -0.4 is 5.32 Å². The Balaban J connectivity index is 2.53. The van der Waals surface area contributed by atoms with Gasteiger partial charge in [-0.3, -0.25) is 0 Å². The molecule has 1 aromatic heterocycles. The summed E-state index contributed by atoms with van der Waals surface area (Å²) >= 11 is 0. The smallest absolute Gasteiger partial charge is 0.337 e. The largest absolute Gasteiger partial charge is 0.389 e. The second-order valence-corrected chi connectivity index (χ2v) is 4.01. The van der Waals surface area contributed by atoms with Crippen molar-refractivity contribution in [2.24, 2.45) is 7.05 Å². The molecule has 0 aliphatic carbocycles. The van der Waals surface area contributed by atoms with E-state index in [1.807, 2.05) is 18.5 Å². The molecule has 1 unspecified atom stereocenters. The van der Waals surface area contributed by atoms with Crippen molar-refractivity contribution in [2.75, 3.05) is 6.54 Å². The van der Waals surface area contributed by atoms with Crippen molar-refractivity contribution in [1.82, 2.24) is 14.9 Å². The molecular formula is C11H18F3N3. The first-order valence-corrected chi connectivity index (χ1v) is 5.71. The molecule has 0 spiro atoms. The van der Waals surface area contributed by atoms with E-state index >= 15 is 0 Å². The molecule has 1 rings (SSSR count). The summed E-state index contributed by atoms with van der Waals surface area (Å²) in [5, 5.41) is 3.16. The van der Waals surface area contributed by atoms with Crippen molar-refractivity contribution >= 4 is 0 Å². The predicted octanol–water partition coefficient (Wildman–Crippen LogP) is 2.80. The van der Waals surface area contributed by atoms with E-state index in [-0.39, 0.29) is 12.5 Å². The number of nitrogens with zero attached hydrogens (tertiary/aromatic N) is 2. The van der Waals surface area contributed by atoms with Crippen LogP contribution in [0.1, 0.15) is 38.1 Å². The van der Waals surface area contributed by atoms with Crippen LogP contribution in [-0.4, -0.2) is 22.3 Å². The van der Waals surface area contributed by atoms with E-state index in [1.54, 1.807) is 12.4 Å². The summed E-state index contributed by atoms with van der Waals surface area (Å²) < 4.78 is 38.1. The van der Waals surface area contributed by atoms with Gasteiger partial charge in [0.2, 0.25) is 0 Å². The molecule has 1 atom stereocenters. The van der Waals surface area contributed by atoms with E-state index in [1.165, 1.54) is 0 Å². The van der Waals surface area contributed by atoms with Crippen molar-refractivity contribution < 1.29 is 13.2 Å². The van der Waals surface area contributed by atoms with Gasteiger partial charge in [-0.25, -0.2) is 4.98 Å². The summed E-state index contributed by atoms with van der Waals surface area (Å²) in [6.45, 7) is 2.64. The van der Waals surface area contributed by atoms with E-state index in [0.717, 1.165) is 5.82 Å². The van der Waals surface area contributed by atoms with Crippen LogP contribution in [0.3, 0.4) is 0 Å². The SMILES string of the molecule is CCNC(CCCC(F)(F)F)c1nccn1C. The third kappa shape index (κ3) is 4.77. The first kappa shape index (κ1) is 14.0. The lowest BCUT2D eigenvalue weighted by Gasteiger charge is -2.18. The lowest BCUT2D eigenvalue weighted by Crippen LogP contribution is -2.24. The van der Waals surface area contributed by atoms with Gasteiger partial charge in [0.25, 0.3) is 0 Å². The van der Waals surface area contributed by atoms with Gasteiger partial charge in [0, 0.05) is 25.9 Å². The van der Waals surface area contributed by atoms with Gasteiger partial charge in [-0.2, -0.15) is 13.2 Å². The first-order chi connectivity index (χ1) is 7.94. The Kier molecular flexibility index (Phi) is 4.99. The van der Waals surface area contributed by atoms with E-state index in [9.17, 15) is 13.2 Å². The molecule has 0 bridgehead atoms. The summed E-state index contributed by atoms with van der Waals surface area (Å²) in [7, 11) is 1.84. The van der Waals surface area contributed by atoms with Crippen molar-refractivity contribution in [3.05, 3.63) is 18.2 Å². The summed E-state index contributed by atoms with van der Waals surface area (Å²) in [5.74, 6) is 0.786. The second kappa shape index (κ2) is 6.05. The molecule has 0 amide bonds. The Bertz CT molecular complexity index is 333. The molecule has 3 nitrogen and oxygen atoms in total. The summed E-state index contributed by atoms with van der Waals surface area (Å²) in [4.78, 5) is 4.17. The molecule has 0 aliphatic rings. The number of halogens is 3. The highest BCUT2D eigenvalue weighted by molar-refractivity contribution is 4.98. The highest BCUT2D eigenvalue weighted by atomic mass is 19.4. The van der Waals surface area contributed by atoms with E-state index in [2.05, 4.69) is 10.3 Å². The van der Waals surface area contributed by atoms with Gasteiger partial charge in [-0.1, -0.05) is 6.92 Å². The predicted molar refractivity (Wildman–Crippen MR) is 59.5 cm³/mol. The molecule has 0 saturated heterocycles. The minimum atomic E-state index is -4.07. The van der Waals surface area contributed by atoms with Crippen LogP contribution >= 0.6 is 0 Å². The molecule has 0 radical (unpaired) electrons. The zero-order valence-electron chi connectivity index (χ0n) is 10.1. The average Bonchev–Trinajstić information content (AvgIpc) is 2.61. The number of hydrogen-bond donors (Lipinski definition) is 1. The van der Waals surface area contributed by atoms with Crippen molar-refractivity contribution in [3.63, 3.8) is 0 Å². The lowest BCUT2D eigenvalue weighted by molar-refractivity contribution is -0.135. The Hall–Kier alpha value is -1.04. The van der Waals surface area contributed by atoms with Gasteiger partial charge < -0.3 is 9.88 Å². The van der Waals surface area contributed by atoms with Crippen LogP contribution in [0.5, 0.6) is 0 Å². The minimum Gasteiger partial charge on any atom is -0.337 e. The van der Waals surface area contributed by atoms with Gasteiger partial charge in [0.15, 0.2) is 0 Å². The number of imidazole rings is 1. The molecule has 1 heterocycles. The second-order valence-electron chi connectivity index (χ2n) is 4.01. The number of aryl methyl sites for hydroxylation is 1. The van der Waals surface area contributed by atoms with Crippen LogP contribution in [0.4, 0.5) is 13.2 Å². The Morgan fingerprint density at radius 1 is 1.47 bits per heavy atom. The van der Waals surface area contributed by atoms with Crippen LogP contribution in [0.2, 0.25) is 0 Å². The third-order valence-corrected chi connectivity index (χ3v) is 2.57. The maximum atomic E-state index is 12.1. The van der Waals surface area contributed by atoms with E-state index in [0.29, 0.717) is 13.0 Å². The highest BCUT2D eigenvalue weighted by Gasteiger charge is 2.27. The molecule has 0 saturated carbocycles. The van der Waals surface area contributed by atoms with Crippen molar-refractivity contribution in [2.45, 2.75) is 38.4 Å².